The molecule has 4 heteroatoms. The Bertz CT molecular complexity index is 445. The Labute approximate surface area is 90.3 Å². The van der Waals surface area contributed by atoms with Gasteiger partial charge in [-0.05, 0) is 47.1 Å². The third kappa shape index (κ3) is 1.85. The zero-order valence-corrected chi connectivity index (χ0v) is 9.50. The first-order chi connectivity index (χ1) is 6.65. The normalized spacial score (nSPS) is 10.5. The zero-order valence-electron chi connectivity index (χ0n) is 7.91. The van der Waals surface area contributed by atoms with Crippen LogP contribution in [0.15, 0.2) is 27.5 Å². The van der Waals surface area contributed by atoms with Crippen molar-refractivity contribution in [1.29, 1.82) is 0 Å². The number of aromatic nitrogens is 2. The van der Waals surface area contributed by atoms with E-state index in [1.807, 2.05) is 26.0 Å². The van der Waals surface area contributed by atoms with Gasteiger partial charge in [-0.1, -0.05) is 17.2 Å². The summed E-state index contributed by atoms with van der Waals surface area (Å²) in [5.74, 6) is 0.545. The molecule has 3 nitrogen and oxygen atoms in total. The third-order valence-electron chi connectivity index (χ3n) is 1.87. The van der Waals surface area contributed by atoms with E-state index in [1.54, 1.807) is 0 Å². The summed E-state index contributed by atoms with van der Waals surface area (Å²) < 4.78 is 5.53. The number of benzene rings is 1. The van der Waals surface area contributed by atoms with Crippen LogP contribution < -0.4 is 0 Å². The van der Waals surface area contributed by atoms with E-state index in [1.165, 1.54) is 11.1 Å². The Morgan fingerprint density at radius 3 is 2.29 bits per heavy atom. The molecular formula is C10H9BrN2O. The van der Waals surface area contributed by atoms with Gasteiger partial charge in [-0.15, -0.1) is 0 Å². The molecule has 14 heavy (non-hydrogen) atoms. The Hall–Kier alpha value is -1.16. The lowest BCUT2D eigenvalue weighted by Crippen LogP contribution is -1.82. The monoisotopic (exact) mass is 252 g/mol. The molecule has 0 radical (unpaired) electrons. The van der Waals surface area contributed by atoms with Crippen LogP contribution in [0.1, 0.15) is 11.1 Å². The SMILES string of the molecule is Cc1cc(C)cc(-c2nc(Br)no2)c1. The third-order valence-corrected chi connectivity index (χ3v) is 2.19. The van der Waals surface area contributed by atoms with Gasteiger partial charge in [-0.25, -0.2) is 0 Å². The molecule has 0 unspecified atom stereocenters. The molecule has 72 valence electrons. The van der Waals surface area contributed by atoms with Crippen LogP contribution in [0.5, 0.6) is 0 Å². The fourth-order valence-corrected chi connectivity index (χ4v) is 1.65. The lowest BCUT2D eigenvalue weighted by atomic mass is 10.1. The van der Waals surface area contributed by atoms with Gasteiger partial charge in [0.05, 0.1) is 0 Å². The minimum absolute atomic E-state index is 0.478. The van der Waals surface area contributed by atoms with Crippen molar-refractivity contribution < 1.29 is 4.52 Å². The van der Waals surface area contributed by atoms with Crippen molar-refractivity contribution >= 4 is 15.9 Å². The van der Waals surface area contributed by atoms with Gasteiger partial charge in [-0.3, -0.25) is 0 Å². The number of hydrogen-bond donors (Lipinski definition) is 0. The fourth-order valence-electron chi connectivity index (χ4n) is 1.42. The molecule has 1 heterocycles. The van der Waals surface area contributed by atoms with Crippen LogP contribution in [0.4, 0.5) is 0 Å². The smallest absolute Gasteiger partial charge is 0.258 e. The average Bonchev–Trinajstić information content (AvgIpc) is 2.50. The molecule has 0 atom stereocenters. The van der Waals surface area contributed by atoms with Gasteiger partial charge in [0.2, 0.25) is 4.73 Å². The molecule has 0 aliphatic rings. The molecular weight excluding hydrogens is 244 g/mol. The van der Waals surface area contributed by atoms with Gasteiger partial charge >= 0.3 is 0 Å². The highest BCUT2D eigenvalue weighted by molar-refractivity contribution is 9.10. The number of rotatable bonds is 1. The Morgan fingerprint density at radius 1 is 1.14 bits per heavy atom. The van der Waals surface area contributed by atoms with Crippen molar-refractivity contribution in [1.82, 2.24) is 10.1 Å². The molecule has 0 aliphatic heterocycles. The second-order valence-corrected chi connectivity index (χ2v) is 3.95. The molecule has 0 aliphatic carbocycles. The fraction of sp³-hybridized carbons (Fsp3) is 0.200. The molecule has 0 fully saturated rings. The van der Waals surface area contributed by atoms with Crippen LogP contribution in [0.3, 0.4) is 0 Å². The largest absolute Gasteiger partial charge is 0.333 e. The van der Waals surface area contributed by atoms with Crippen LogP contribution >= 0.6 is 15.9 Å². The van der Waals surface area contributed by atoms with Crippen molar-refractivity contribution in [3.05, 3.63) is 34.1 Å². The lowest BCUT2D eigenvalue weighted by Gasteiger charge is -1.99. The predicted octanol–water partition coefficient (Wildman–Crippen LogP) is 3.12. The van der Waals surface area contributed by atoms with E-state index < -0.39 is 0 Å². The molecule has 0 saturated carbocycles. The maximum atomic E-state index is 5.05. The number of hydrogen-bond acceptors (Lipinski definition) is 3. The van der Waals surface area contributed by atoms with Crippen molar-refractivity contribution in [3.63, 3.8) is 0 Å². The van der Waals surface area contributed by atoms with Crippen molar-refractivity contribution in [3.8, 4) is 11.5 Å². The van der Waals surface area contributed by atoms with Gasteiger partial charge in [-0.2, -0.15) is 4.98 Å². The second kappa shape index (κ2) is 3.53. The van der Waals surface area contributed by atoms with Crippen LogP contribution in [0.2, 0.25) is 0 Å². The molecule has 0 amide bonds. The van der Waals surface area contributed by atoms with Gasteiger partial charge in [0, 0.05) is 5.56 Å². The molecule has 0 bridgehead atoms. The minimum atomic E-state index is 0.478. The summed E-state index contributed by atoms with van der Waals surface area (Å²) in [6.45, 7) is 4.09. The van der Waals surface area contributed by atoms with E-state index >= 15 is 0 Å². The summed E-state index contributed by atoms with van der Waals surface area (Å²) in [4.78, 5) is 4.10. The second-order valence-electron chi connectivity index (χ2n) is 3.24. The predicted molar refractivity (Wildman–Crippen MR) is 56.9 cm³/mol. The van der Waals surface area contributed by atoms with Crippen molar-refractivity contribution in [2.75, 3.05) is 0 Å². The minimum Gasteiger partial charge on any atom is -0.333 e. The molecule has 2 aromatic rings. The zero-order chi connectivity index (χ0) is 10.1. The molecule has 1 aromatic heterocycles. The lowest BCUT2D eigenvalue weighted by molar-refractivity contribution is 0.426. The Kier molecular flexibility index (Phi) is 2.37. The average molecular weight is 253 g/mol. The maximum absolute atomic E-state index is 5.05. The molecule has 0 N–H and O–H groups in total. The van der Waals surface area contributed by atoms with Gasteiger partial charge in [0.25, 0.3) is 5.89 Å². The summed E-state index contributed by atoms with van der Waals surface area (Å²) >= 11 is 3.15. The summed E-state index contributed by atoms with van der Waals surface area (Å²) in [5.41, 5.74) is 3.34. The van der Waals surface area contributed by atoms with E-state index in [0.29, 0.717) is 10.6 Å². The standard InChI is InChI=1S/C10H9BrN2O/c1-6-3-7(2)5-8(4-6)9-12-10(11)13-14-9/h3-5H,1-2H3. The van der Waals surface area contributed by atoms with E-state index in [4.69, 9.17) is 4.52 Å². The van der Waals surface area contributed by atoms with Crippen LogP contribution in [0.25, 0.3) is 11.5 Å². The maximum Gasteiger partial charge on any atom is 0.258 e. The van der Waals surface area contributed by atoms with Crippen LogP contribution in [-0.4, -0.2) is 10.1 Å². The molecule has 0 spiro atoms. The number of nitrogens with zero attached hydrogens (tertiary/aromatic N) is 2. The Balaban J connectivity index is 2.51. The van der Waals surface area contributed by atoms with E-state index in [2.05, 4.69) is 32.1 Å². The highest BCUT2D eigenvalue weighted by atomic mass is 79.9. The quantitative estimate of drug-likeness (QED) is 0.783. The van der Waals surface area contributed by atoms with Crippen molar-refractivity contribution in [2.45, 2.75) is 13.8 Å². The number of halogens is 1. The van der Waals surface area contributed by atoms with E-state index in [9.17, 15) is 0 Å². The van der Waals surface area contributed by atoms with E-state index in [-0.39, 0.29) is 0 Å². The molecule has 0 saturated heterocycles. The highest BCUT2D eigenvalue weighted by Crippen LogP contribution is 2.21. The first kappa shape index (κ1) is 9.40. The Morgan fingerprint density at radius 2 is 1.79 bits per heavy atom. The summed E-state index contributed by atoms with van der Waals surface area (Å²) in [6, 6.07) is 6.15. The van der Waals surface area contributed by atoms with Gasteiger partial charge in [0.15, 0.2) is 0 Å². The van der Waals surface area contributed by atoms with Gasteiger partial charge < -0.3 is 4.52 Å². The van der Waals surface area contributed by atoms with Crippen molar-refractivity contribution in [2.24, 2.45) is 0 Å². The van der Waals surface area contributed by atoms with Crippen LogP contribution in [0, 0.1) is 13.8 Å². The molecule has 1 aromatic carbocycles. The molecule has 2 rings (SSSR count). The topological polar surface area (TPSA) is 38.9 Å². The highest BCUT2D eigenvalue weighted by Gasteiger charge is 2.07. The number of aryl methyl sites for hydroxylation is 2. The summed E-state index contributed by atoms with van der Waals surface area (Å²) in [7, 11) is 0. The summed E-state index contributed by atoms with van der Waals surface area (Å²) in [5, 5.41) is 3.68. The first-order valence-corrected chi connectivity index (χ1v) is 5.02. The van der Waals surface area contributed by atoms with Crippen LogP contribution in [-0.2, 0) is 0 Å². The summed E-state index contributed by atoms with van der Waals surface area (Å²) in [6.07, 6.45) is 0. The first-order valence-electron chi connectivity index (χ1n) is 4.23. The van der Waals surface area contributed by atoms with Gasteiger partial charge in [0.1, 0.15) is 0 Å². The van der Waals surface area contributed by atoms with E-state index in [0.717, 1.165) is 5.56 Å².